The van der Waals surface area contributed by atoms with Gasteiger partial charge in [0.1, 0.15) is 11.6 Å². The van der Waals surface area contributed by atoms with Crippen molar-refractivity contribution in [2.75, 3.05) is 38.2 Å². The SMILES string of the molecule is COCc1nc(C2CC2)nc(N2CCN(C(=O)C3CC3)CC2)c1Cc1cccc(Cl)c1. The number of hydrogen-bond acceptors (Lipinski definition) is 5. The van der Waals surface area contributed by atoms with Crippen LogP contribution in [0.1, 0.15) is 54.2 Å². The Morgan fingerprint density at radius 2 is 1.90 bits per heavy atom. The summed E-state index contributed by atoms with van der Waals surface area (Å²) in [4.78, 5) is 26.8. The molecule has 7 heteroatoms. The van der Waals surface area contributed by atoms with Gasteiger partial charge >= 0.3 is 0 Å². The normalized spacial score (nSPS) is 19.0. The minimum Gasteiger partial charge on any atom is -0.378 e. The van der Waals surface area contributed by atoms with E-state index in [1.54, 1.807) is 7.11 Å². The number of benzene rings is 1. The second kappa shape index (κ2) is 8.75. The number of amides is 1. The van der Waals surface area contributed by atoms with Gasteiger partial charge in [0.15, 0.2) is 0 Å². The molecule has 2 aliphatic carbocycles. The molecular weight excluding hydrogens is 412 g/mol. The van der Waals surface area contributed by atoms with E-state index in [-0.39, 0.29) is 5.92 Å². The minimum absolute atomic E-state index is 0.277. The van der Waals surface area contributed by atoms with Crippen molar-refractivity contribution in [2.45, 2.75) is 44.6 Å². The van der Waals surface area contributed by atoms with Crippen molar-refractivity contribution < 1.29 is 9.53 Å². The number of halogens is 1. The lowest BCUT2D eigenvalue weighted by Gasteiger charge is -2.37. The first kappa shape index (κ1) is 20.7. The van der Waals surface area contributed by atoms with Crippen LogP contribution in [0.25, 0.3) is 0 Å². The lowest BCUT2D eigenvalue weighted by Crippen LogP contribution is -2.49. The molecule has 0 unspecified atom stereocenters. The minimum atomic E-state index is 0.277. The Labute approximate surface area is 188 Å². The van der Waals surface area contributed by atoms with Crippen molar-refractivity contribution >= 4 is 23.3 Å². The van der Waals surface area contributed by atoms with Gasteiger partial charge in [0.2, 0.25) is 5.91 Å². The molecule has 0 spiro atoms. The summed E-state index contributed by atoms with van der Waals surface area (Å²) in [5, 5.41) is 0.732. The molecule has 2 aromatic rings. The summed E-state index contributed by atoms with van der Waals surface area (Å²) in [6, 6.07) is 7.97. The average molecular weight is 441 g/mol. The van der Waals surface area contributed by atoms with Crippen molar-refractivity contribution in [2.24, 2.45) is 5.92 Å². The summed E-state index contributed by atoms with van der Waals surface area (Å²) >= 11 is 6.25. The van der Waals surface area contributed by atoms with Crippen LogP contribution >= 0.6 is 11.6 Å². The van der Waals surface area contributed by atoms with Gasteiger partial charge in [0.25, 0.3) is 0 Å². The van der Waals surface area contributed by atoms with Crippen LogP contribution in [0.4, 0.5) is 5.82 Å². The van der Waals surface area contributed by atoms with Crippen molar-refractivity contribution in [3.63, 3.8) is 0 Å². The first-order chi connectivity index (χ1) is 15.1. The predicted octanol–water partition coefficient (Wildman–Crippen LogP) is 3.80. The maximum atomic E-state index is 12.5. The number of hydrogen-bond donors (Lipinski definition) is 0. The summed E-state index contributed by atoms with van der Waals surface area (Å²) in [6.45, 7) is 3.58. The third-order valence-electron chi connectivity index (χ3n) is 6.40. The van der Waals surface area contributed by atoms with Crippen LogP contribution in [-0.2, 0) is 22.6 Å². The third kappa shape index (κ3) is 4.70. The predicted molar refractivity (Wildman–Crippen MR) is 120 cm³/mol. The van der Waals surface area contributed by atoms with Crippen LogP contribution in [0.5, 0.6) is 0 Å². The fourth-order valence-corrected chi connectivity index (χ4v) is 4.55. The molecule has 1 saturated heterocycles. The molecule has 2 heterocycles. The van der Waals surface area contributed by atoms with Gasteiger partial charge in [-0.15, -0.1) is 0 Å². The molecule has 6 nitrogen and oxygen atoms in total. The van der Waals surface area contributed by atoms with E-state index in [4.69, 9.17) is 26.3 Å². The quantitative estimate of drug-likeness (QED) is 0.655. The highest BCUT2D eigenvalue weighted by molar-refractivity contribution is 6.30. The number of nitrogens with zero attached hydrogens (tertiary/aromatic N) is 4. The van der Waals surface area contributed by atoms with Crippen LogP contribution in [0.3, 0.4) is 0 Å². The van der Waals surface area contributed by atoms with Crippen LogP contribution in [0, 0.1) is 5.92 Å². The number of carbonyl (C=O) groups excluding carboxylic acids is 1. The van der Waals surface area contributed by atoms with Crippen LogP contribution in [-0.4, -0.2) is 54.1 Å². The fourth-order valence-electron chi connectivity index (χ4n) is 4.34. The van der Waals surface area contributed by atoms with Gasteiger partial charge in [-0.05, 0) is 43.4 Å². The average Bonchev–Trinajstić information content (AvgIpc) is 3.68. The van der Waals surface area contributed by atoms with E-state index in [0.29, 0.717) is 24.9 Å². The smallest absolute Gasteiger partial charge is 0.225 e. The number of anilines is 1. The second-order valence-electron chi connectivity index (χ2n) is 8.93. The Balaban J connectivity index is 1.45. The molecule has 1 aliphatic heterocycles. The number of ether oxygens (including phenoxy) is 1. The largest absolute Gasteiger partial charge is 0.378 e. The lowest BCUT2D eigenvalue weighted by molar-refractivity contribution is -0.132. The van der Waals surface area contributed by atoms with E-state index in [1.165, 1.54) is 0 Å². The van der Waals surface area contributed by atoms with E-state index in [2.05, 4.69) is 11.0 Å². The molecule has 3 fully saturated rings. The number of methoxy groups -OCH3 is 1. The molecule has 3 aliphatic rings. The molecule has 1 aromatic carbocycles. The molecule has 0 radical (unpaired) electrons. The third-order valence-corrected chi connectivity index (χ3v) is 6.63. The fraction of sp³-hybridized carbons (Fsp3) is 0.542. The Hall–Kier alpha value is -2.18. The van der Waals surface area contributed by atoms with Gasteiger partial charge in [-0.3, -0.25) is 4.79 Å². The highest BCUT2D eigenvalue weighted by Crippen LogP contribution is 2.40. The van der Waals surface area contributed by atoms with E-state index >= 15 is 0 Å². The molecule has 5 rings (SSSR count). The zero-order valence-corrected chi connectivity index (χ0v) is 18.8. The summed E-state index contributed by atoms with van der Waals surface area (Å²) in [5.74, 6) is 3.02. The molecule has 1 aromatic heterocycles. The molecule has 164 valence electrons. The first-order valence-corrected chi connectivity index (χ1v) is 11.7. The van der Waals surface area contributed by atoms with Crippen molar-refractivity contribution in [1.82, 2.24) is 14.9 Å². The van der Waals surface area contributed by atoms with E-state index in [0.717, 1.165) is 85.3 Å². The van der Waals surface area contributed by atoms with E-state index in [1.807, 2.05) is 23.1 Å². The van der Waals surface area contributed by atoms with Gasteiger partial charge in [0, 0.05) is 62.1 Å². The second-order valence-corrected chi connectivity index (χ2v) is 9.37. The highest BCUT2D eigenvalue weighted by atomic mass is 35.5. The standard InChI is InChI=1S/C24H29ClN4O2/c1-31-15-21-20(14-16-3-2-4-19(25)13-16)23(27-22(26-21)17-5-6-17)28-9-11-29(12-10-28)24(30)18-7-8-18/h2-4,13,17-18H,5-12,14-15H2,1H3. The Bertz CT molecular complexity index is 966. The van der Waals surface area contributed by atoms with Crippen LogP contribution in [0.15, 0.2) is 24.3 Å². The van der Waals surface area contributed by atoms with E-state index < -0.39 is 0 Å². The molecule has 1 amide bonds. The van der Waals surface area contributed by atoms with Gasteiger partial charge in [-0.1, -0.05) is 23.7 Å². The van der Waals surface area contributed by atoms with Crippen molar-refractivity contribution in [1.29, 1.82) is 0 Å². The van der Waals surface area contributed by atoms with Crippen LogP contribution in [0.2, 0.25) is 5.02 Å². The Kier molecular flexibility index (Phi) is 5.85. The lowest BCUT2D eigenvalue weighted by atomic mass is 10.0. The number of aromatic nitrogens is 2. The zero-order chi connectivity index (χ0) is 21.4. The van der Waals surface area contributed by atoms with Gasteiger partial charge in [-0.2, -0.15) is 0 Å². The summed E-state index contributed by atoms with van der Waals surface area (Å²) < 4.78 is 5.52. The molecule has 0 atom stereocenters. The number of piperazine rings is 1. The maximum Gasteiger partial charge on any atom is 0.225 e. The number of rotatable bonds is 7. The summed E-state index contributed by atoms with van der Waals surface area (Å²) in [5.41, 5.74) is 3.21. The van der Waals surface area contributed by atoms with Gasteiger partial charge in [-0.25, -0.2) is 9.97 Å². The monoisotopic (exact) mass is 440 g/mol. The van der Waals surface area contributed by atoms with E-state index in [9.17, 15) is 4.79 Å². The van der Waals surface area contributed by atoms with Crippen molar-refractivity contribution in [3.8, 4) is 0 Å². The maximum absolute atomic E-state index is 12.5. The highest BCUT2D eigenvalue weighted by Gasteiger charge is 2.35. The summed E-state index contributed by atoms with van der Waals surface area (Å²) in [7, 11) is 1.71. The van der Waals surface area contributed by atoms with Crippen molar-refractivity contribution in [3.05, 3.63) is 51.9 Å². The van der Waals surface area contributed by atoms with Crippen LogP contribution < -0.4 is 4.90 Å². The summed E-state index contributed by atoms with van der Waals surface area (Å²) in [6.07, 6.45) is 5.13. The molecule has 31 heavy (non-hydrogen) atoms. The molecule has 2 saturated carbocycles. The topological polar surface area (TPSA) is 58.6 Å². The first-order valence-electron chi connectivity index (χ1n) is 11.3. The molecular formula is C24H29ClN4O2. The Morgan fingerprint density at radius 1 is 1.13 bits per heavy atom. The zero-order valence-electron chi connectivity index (χ0n) is 18.0. The molecule has 0 bridgehead atoms. The molecule has 0 N–H and O–H groups in total. The van der Waals surface area contributed by atoms with Gasteiger partial charge < -0.3 is 14.5 Å². The Morgan fingerprint density at radius 3 is 2.55 bits per heavy atom. The number of carbonyl (C=O) groups is 1. The van der Waals surface area contributed by atoms with Gasteiger partial charge in [0.05, 0.1) is 12.3 Å².